The van der Waals surface area contributed by atoms with Gasteiger partial charge in [0.2, 0.25) is 5.91 Å². The number of rotatable bonds is 7. The van der Waals surface area contributed by atoms with Gasteiger partial charge in [0.25, 0.3) is 5.91 Å². The molecule has 174 valence electrons. The molecule has 7 nitrogen and oxygen atoms in total. The zero-order chi connectivity index (χ0) is 24.3. The third-order valence-electron chi connectivity index (χ3n) is 4.11. The third-order valence-corrected chi connectivity index (χ3v) is 6.55. The molecule has 3 N–H and O–H groups in total. The highest BCUT2D eigenvalue weighted by Gasteiger charge is 2.38. The maximum atomic E-state index is 13.4. The van der Waals surface area contributed by atoms with Crippen molar-refractivity contribution in [2.75, 3.05) is 21.7 Å². The molecule has 0 heterocycles. The van der Waals surface area contributed by atoms with Crippen molar-refractivity contribution in [3.05, 3.63) is 53.8 Å². The van der Waals surface area contributed by atoms with E-state index in [0.717, 1.165) is 43.3 Å². The zero-order valence-corrected chi connectivity index (χ0v) is 18.7. The van der Waals surface area contributed by atoms with Crippen molar-refractivity contribution in [1.29, 1.82) is 0 Å². The molecule has 13 heteroatoms. The normalized spacial score (nSPS) is 13.8. The predicted molar refractivity (Wildman–Crippen MR) is 112 cm³/mol. The Balaban J connectivity index is 2.26. The van der Waals surface area contributed by atoms with E-state index in [1.54, 1.807) is 0 Å². The largest absolute Gasteiger partial charge is 0.418 e. The molecule has 0 aromatic heterocycles. The number of nitrogens with one attached hydrogen (secondary N) is 2. The summed E-state index contributed by atoms with van der Waals surface area (Å²) < 4.78 is 77.9. The number of benzene rings is 2. The fourth-order valence-corrected chi connectivity index (χ4v) is 4.30. The molecule has 0 aliphatic carbocycles. The van der Waals surface area contributed by atoms with E-state index in [-0.39, 0.29) is 10.2 Å². The van der Waals surface area contributed by atoms with Gasteiger partial charge in [-0.2, -0.15) is 13.2 Å². The number of alkyl halides is 4. The molecule has 0 fully saturated rings. The van der Waals surface area contributed by atoms with Crippen LogP contribution in [0, 0.1) is 5.82 Å². The third kappa shape index (κ3) is 6.50. The van der Waals surface area contributed by atoms with Gasteiger partial charge in [0.15, 0.2) is 15.4 Å². The molecule has 2 rings (SSSR count). The summed E-state index contributed by atoms with van der Waals surface area (Å²) in [4.78, 5) is 23.5. The summed E-state index contributed by atoms with van der Waals surface area (Å²) in [5.74, 6) is -3.82. The SMILES string of the molecule is CC(O)(CS(=O)(=O)c1ccc(F)cc1)C(=O)Nc1ccc(NC(=O)CBr)c(C(F)(F)F)c1. The van der Waals surface area contributed by atoms with Crippen molar-refractivity contribution < 1.29 is 40.7 Å². The summed E-state index contributed by atoms with van der Waals surface area (Å²) in [6.07, 6.45) is -4.88. The first-order valence-electron chi connectivity index (χ1n) is 8.75. The van der Waals surface area contributed by atoms with Crippen LogP contribution < -0.4 is 10.6 Å². The van der Waals surface area contributed by atoms with Crippen molar-refractivity contribution in [2.45, 2.75) is 23.6 Å². The van der Waals surface area contributed by atoms with E-state index in [9.17, 15) is 40.7 Å². The lowest BCUT2D eigenvalue weighted by Crippen LogP contribution is -2.45. The van der Waals surface area contributed by atoms with Crippen LogP contribution >= 0.6 is 15.9 Å². The summed E-state index contributed by atoms with van der Waals surface area (Å²) in [6.45, 7) is 0.874. The van der Waals surface area contributed by atoms with Gasteiger partial charge in [-0.25, -0.2) is 12.8 Å². The summed E-state index contributed by atoms with van der Waals surface area (Å²) in [7, 11) is -4.24. The van der Waals surface area contributed by atoms with Gasteiger partial charge in [-0.05, 0) is 49.4 Å². The van der Waals surface area contributed by atoms with Crippen molar-refractivity contribution in [3.8, 4) is 0 Å². The van der Waals surface area contributed by atoms with Crippen molar-refractivity contribution in [3.63, 3.8) is 0 Å². The fourth-order valence-electron chi connectivity index (χ4n) is 2.58. The highest BCUT2D eigenvalue weighted by Crippen LogP contribution is 2.37. The van der Waals surface area contributed by atoms with E-state index in [1.165, 1.54) is 0 Å². The van der Waals surface area contributed by atoms with E-state index >= 15 is 0 Å². The number of amides is 2. The molecule has 0 radical (unpaired) electrons. The van der Waals surface area contributed by atoms with E-state index in [4.69, 9.17) is 0 Å². The molecule has 0 aliphatic rings. The lowest BCUT2D eigenvalue weighted by Gasteiger charge is -2.23. The zero-order valence-electron chi connectivity index (χ0n) is 16.3. The average Bonchev–Trinajstić information content (AvgIpc) is 2.67. The lowest BCUT2D eigenvalue weighted by molar-refractivity contribution is -0.137. The average molecular weight is 541 g/mol. The summed E-state index contributed by atoms with van der Waals surface area (Å²) in [6, 6.07) is 6.16. The van der Waals surface area contributed by atoms with Gasteiger partial charge >= 0.3 is 6.18 Å². The van der Waals surface area contributed by atoms with E-state index < -0.39 is 61.9 Å². The summed E-state index contributed by atoms with van der Waals surface area (Å²) >= 11 is 2.81. The fraction of sp³-hybridized carbons (Fsp3) is 0.263. The quantitative estimate of drug-likeness (QED) is 0.283. The highest BCUT2D eigenvalue weighted by atomic mass is 79.9. The molecule has 0 saturated carbocycles. The standard InChI is InChI=1S/C19H17BrF4N2O5S/c1-18(29,10-32(30,31)13-5-2-11(21)3-6-13)17(28)25-12-4-7-15(26-16(27)9-20)14(8-12)19(22,23)24/h2-8,29H,9-10H2,1H3,(H,25,28)(H,26,27). The minimum atomic E-state index is -4.88. The maximum absolute atomic E-state index is 13.4. The molecular formula is C19H17BrF4N2O5S. The smallest absolute Gasteiger partial charge is 0.379 e. The second kappa shape index (κ2) is 9.55. The molecule has 2 aromatic rings. The van der Waals surface area contributed by atoms with Crippen LogP contribution in [0.1, 0.15) is 12.5 Å². The van der Waals surface area contributed by atoms with E-state index in [2.05, 4.69) is 21.2 Å². The number of sulfone groups is 1. The first kappa shape index (κ1) is 25.7. The molecule has 32 heavy (non-hydrogen) atoms. The molecule has 2 aromatic carbocycles. The summed E-state index contributed by atoms with van der Waals surface area (Å²) in [5.41, 5.74) is -4.73. The number of carbonyl (C=O) groups excluding carboxylic acids is 2. The van der Waals surface area contributed by atoms with Gasteiger partial charge in [0, 0.05) is 5.69 Å². The Hall–Kier alpha value is -2.51. The van der Waals surface area contributed by atoms with Crippen LogP contribution in [0.15, 0.2) is 47.4 Å². The Labute approximate surface area is 188 Å². The highest BCUT2D eigenvalue weighted by molar-refractivity contribution is 9.09. The van der Waals surface area contributed by atoms with Gasteiger partial charge in [-0.3, -0.25) is 9.59 Å². The molecular weight excluding hydrogens is 524 g/mol. The molecule has 0 spiro atoms. The Kier molecular flexibility index (Phi) is 7.68. The van der Waals surface area contributed by atoms with Gasteiger partial charge in [0.1, 0.15) is 5.82 Å². The van der Waals surface area contributed by atoms with Crippen LogP contribution in [0.5, 0.6) is 0 Å². The molecule has 0 aliphatic heterocycles. The molecule has 1 atom stereocenters. The van der Waals surface area contributed by atoms with Crippen LogP contribution in [0.3, 0.4) is 0 Å². The van der Waals surface area contributed by atoms with E-state index in [1.807, 2.05) is 5.32 Å². The van der Waals surface area contributed by atoms with Gasteiger partial charge < -0.3 is 15.7 Å². The second-order valence-corrected chi connectivity index (χ2v) is 9.43. The molecule has 1 unspecified atom stereocenters. The Morgan fingerprint density at radius 1 is 1.06 bits per heavy atom. The van der Waals surface area contributed by atoms with Crippen molar-refractivity contribution in [2.24, 2.45) is 0 Å². The minimum Gasteiger partial charge on any atom is -0.379 e. The first-order chi connectivity index (χ1) is 14.7. The predicted octanol–water partition coefficient (Wildman–Crippen LogP) is 3.34. The van der Waals surface area contributed by atoms with Gasteiger partial charge in [-0.1, -0.05) is 15.9 Å². The van der Waals surface area contributed by atoms with Crippen LogP contribution in [0.4, 0.5) is 28.9 Å². The first-order valence-corrected chi connectivity index (χ1v) is 11.5. The Morgan fingerprint density at radius 3 is 2.19 bits per heavy atom. The van der Waals surface area contributed by atoms with Gasteiger partial charge in [-0.15, -0.1) is 0 Å². The number of carbonyl (C=O) groups is 2. The van der Waals surface area contributed by atoms with Gasteiger partial charge in [0.05, 0.1) is 27.2 Å². The van der Waals surface area contributed by atoms with Crippen molar-refractivity contribution >= 4 is 49.0 Å². The van der Waals surface area contributed by atoms with Crippen LogP contribution in [0.2, 0.25) is 0 Å². The second-order valence-electron chi connectivity index (χ2n) is 6.88. The number of hydrogen-bond acceptors (Lipinski definition) is 5. The molecule has 2 amide bonds. The molecule has 0 bridgehead atoms. The molecule has 0 saturated heterocycles. The minimum absolute atomic E-state index is 0.242. The topological polar surface area (TPSA) is 113 Å². The van der Waals surface area contributed by atoms with Crippen LogP contribution in [-0.4, -0.2) is 42.0 Å². The Morgan fingerprint density at radius 2 is 1.66 bits per heavy atom. The number of halogens is 5. The number of anilines is 2. The Bertz CT molecular complexity index is 1120. The van der Waals surface area contributed by atoms with E-state index in [0.29, 0.717) is 6.07 Å². The van der Waals surface area contributed by atoms with Crippen LogP contribution in [0.25, 0.3) is 0 Å². The monoisotopic (exact) mass is 540 g/mol. The van der Waals surface area contributed by atoms with Crippen LogP contribution in [-0.2, 0) is 25.6 Å². The number of hydrogen-bond donors (Lipinski definition) is 3. The number of aliphatic hydroxyl groups is 1. The lowest BCUT2D eigenvalue weighted by atomic mass is 10.1. The summed E-state index contributed by atoms with van der Waals surface area (Å²) in [5, 5.41) is 14.2. The maximum Gasteiger partial charge on any atom is 0.418 e. The van der Waals surface area contributed by atoms with Crippen molar-refractivity contribution in [1.82, 2.24) is 0 Å².